The van der Waals surface area contributed by atoms with Crippen molar-refractivity contribution in [3.63, 3.8) is 0 Å². The van der Waals surface area contributed by atoms with E-state index in [0.717, 1.165) is 51.7 Å². The molecule has 0 atom stereocenters. The minimum absolute atomic E-state index is 0.245. The number of rotatable bonds is 7. The van der Waals surface area contributed by atoms with Gasteiger partial charge in [-0.05, 0) is 56.2 Å². The van der Waals surface area contributed by atoms with E-state index in [1.807, 2.05) is 31.2 Å². The Labute approximate surface area is 184 Å². The number of anilines is 2. The van der Waals surface area contributed by atoms with Crippen LogP contribution in [0.3, 0.4) is 0 Å². The molecule has 32 heavy (non-hydrogen) atoms. The van der Waals surface area contributed by atoms with Crippen LogP contribution in [0.2, 0.25) is 0 Å². The largest absolute Gasteiger partial charge is 0.493 e. The third-order valence-corrected chi connectivity index (χ3v) is 5.79. The number of ether oxygens (including phenoxy) is 2. The van der Waals surface area contributed by atoms with Crippen LogP contribution in [0, 0.1) is 6.92 Å². The predicted octanol–water partition coefficient (Wildman–Crippen LogP) is 4.96. The third kappa shape index (κ3) is 3.87. The smallest absolute Gasteiger partial charge is 0.405 e. The topological polar surface area (TPSA) is 109 Å². The van der Waals surface area contributed by atoms with Crippen LogP contribution >= 0.6 is 0 Å². The molecular weight excluding hydrogens is 408 g/mol. The highest BCUT2D eigenvalue weighted by molar-refractivity contribution is 5.96. The number of amides is 1. The van der Waals surface area contributed by atoms with Crippen LogP contribution in [0.5, 0.6) is 11.5 Å². The van der Waals surface area contributed by atoms with Gasteiger partial charge in [0.05, 0.1) is 18.2 Å². The molecule has 0 aliphatic heterocycles. The number of pyridine rings is 1. The molecule has 1 amide bonds. The molecule has 2 heterocycles. The first-order valence-electron chi connectivity index (χ1n) is 10.4. The first-order chi connectivity index (χ1) is 15.4. The second-order valence-electron chi connectivity index (χ2n) is 8.26. The monoisotopic (exact) mass is 432 g/mol. The number of nitrogens with one attached hydrogen (secondary N) is 3. The number of nitrogens with zero attached hydrogens (tertiary/aromatic N) is 1. The van der Waals surface area contributed by atoms with Crippen LogP contribution in [0.25, 0.3) is 21.8 Å². The molecular formula is C24H24N4O4. The Kier molecular flexibility index (Phi) is 4.77. The molecule has 0 radical (unpaired) electrons. The lowest BCUT2D eigenvalue weighted by atomic mass is 10.1. The summed E-state index contributed by atoms with van der Waals surface area (Å²) in [5.41, 5.74) is 4.33. The summed E-state index contributed by atoms with van der Waals surface area (Å²) < 4.78 is 11.5. The predicted molar refractivity (Wildman–Crippen MR) is 123 cm³/mol. The summed E-state index contributed by atoms with van der Waals surface area (Å²) in [7, 11) is 1.59. The molecule has 1 saturated carbocycles. The fourth-order valence-electron chi connectivity index (χ4n) is 3.94. The van der Waals surface area contributed by atoms with E-state index in [2.05, 4.69) is 38.8 Å². The van der Waals surface area contributed by atoms with Crippen molar-refractivity contribution in [2.24, 2.45) is 0 Å². The Morgan fingerprint density at radius 3 is 2.78 bits per heavy atom. The summed E-state index contributed by atoms with van der Waals surface area (Å²) in [6, 6.07) is 13.9. The molecule has 2 aromatic heterocycles. The highest BCUT2D eigenvalue weighted by atomic mass is 16.5. The van der Waals surface area contributed by atoms with Crippen molar-refractivity contribution in [3.05, 3.63) is 54.4 Å². The van der Waals surface area contributed by atoms with Crippen molar-refractivity contribution in [2.45, 2.75) is 25.3 Å². The van der Waals surface area contributed by atoms with Gasteiger partial charge in [0.25, 0.3) is 0 Å². The zero-order chi connectivity index (χ0) is 22.3. The molecule has 0 unspecified atom stereocenters. The standard InChI is InChI=1S/C24H24N4O4/c1-14-9-15-10-16(3-4-18(15)26-14)27-19-5-8-25-20-12-22(21(31-2)11-17(19)20)32-13-24(6-7-24)28-23(29)30/h3-5,8-12,26,28H,6-7,13H2,1-2H3,(H,25,27)(H,29,30). The number of hydrogen-bond acceptors (Lipinski definition) is 5. The van der Waals surface area contributed by atoms with E-state index in [9.17, 15) is 4.79 Å². The number of aryl methyl sites for hydroxylation is 1. The normalized spacial score (nSPS) is 14.3. The number of aromatic amines is 1. The van der Waals surface area contributed by atoms with E-state index >= 15 is 0 Å². The highest BCUT2D eigenvalue weighted by Crippen LogP contribution is 2.39. The van der Waals surface area contributed by atoms with Gasteiger partial charge in [0.15, 0.2) is 11.5 Å². The Morgan fingerprint density at radius 2 is 2.03 bits per heavy atom. The molecule has 164 valence electrons. The van der Waals surface area contributed by atoms with Crippen LogP contribution in [-0.4, -0.2) is 40.4 Å². The van der Waals surface area contributed by atoms with E-state index in [0.29, 0.717) is 11.5 Å². The van der Waals surface area contributed by atoms with Crippen molar-refractivity contribution >= 4 is 39.3 Å². The minimum Gasteiger partial charge on any atom is -0.493 e. The van der Waals surface area contributed by atoms with Crippen molar-refractivity contribution < 1.29 is 19.4 Å². The van der Waals surface area contributed by atoms with Gasteiger partial charge in [-0.2, -0.15) is 0 Å². The average Bonchev–Trinajstić information content (AvgIpc) is 3.41. The van der Waals surface area contributed by atoms with E-state index in [1.54, 1.807) is 13.3 Å². The van der Waals surface area contributed by atoms with E-state index in [-0.39, 0.29) is 6.61 Å². The number of carbonyl (C=O) groups is 1. The summed E-state index contributed by atoms with van der Waals surface area (Å²) in [6.07, 6.45) is 2.22. The highest BCUT2D eigenvalue weighted by Gasteiger charge is 2.45. The minimum atomic E-state index is -1.04. The van der Waals surface area contributed by atoms with Crippen LogP contribution < -0.4 is 20.1 Å². The fourth-order valence-corrected chi connectivity index (χ4v) is 3.94. The van der Waals surface area contributed by atoms with Crippen molar-refractivity contribution in [1.29, 1.82) is 0 Å². The number of H-pyrrole nitrogens is 1. The van der Waals surface area contributed by atoms with Gasteiger partial charge >= 0.3 is 6.09 Å². The maximum atomic E-state index is 11.0. The summed E-state index contributed by atoms with van der Waals surface area (Å²) in [6.45, 7) is 2.29. The van der Waals surface area contributed by atoms with Gasteiger partial charge in [-0.25, -0.2) is 4.79 Å². The summed E-state index contributed by atoms with van der Waals surface area (Å²) in [5.74, 6) is 1.10. The molecule has 8 nitrogen and oxygen atoms in total. The zero-order valence-electron chi connectivity index (χ0n) is 17.9. The molecule has 2 aromatic carbocycles. The van der Waals surface area contributed by atoms with Crippen LogP contribution in [0.15, 0.2) is 48.7 Å². The first kappa shape index (κ1) is 20.0. The Hall–Kier alpha value is -3.94. The van der Waals surface area contributed by atoms with E-state index in [4.69, 9.17) is 14.6 Å². The number of hydrogen-bond donors (Lipinski definition) is 4. The van der Waals surface area contributed by atoms with Crippen molar-refractivity contribution in [1.82, 2.24) is 15.3 Å². The molecule has 8 heteroatoms. The van der Waals surface area contributed by atoms with Gasteiger partial charge in [0, 0.05) is 45.6 Å². The van der Waals surface area contributed by atoms with Crippen LogP contribution in [0.1, 0.15) is 18.5 Å². The number of methoxy groups -OCH3 is 1. The molecule has 1 fully saturated rings. The Morgan fingerprint density at radius 1 is 1.19 bits per heavy atom. The Bertz CT molecular complexity index is 1330. The fraction of sp³-hybridized carbons (Fsp3) is 0.250. The van der Waals surface area contributed by atoms with Gasteiger partial charge in [-0.15, -0.1) is 0 Å². The Balaban J connectivity index is 1.43. The average molecular weight is 432 g/mol. The molecule has 0 spiro atoms. The molecule has 0 saturated heterocycles. The molecule has 4 aromatic rings. The maximum absolute atomic E-state index is 11.0. The summed E-state index contributed by atoms with van der Waals surface area (Å²) >= 11 is 0. The second kappa shape index (κ2) is 7.64. The lowest BCUT2D eigenvalue weighted by Gasteiger charge is -2.18. The maximum Gasteiger partial charge on any atom is 0.405 e. The van der Waals surface area contributed by atoms with Crippen LogP contribution in [-0.2, 0) is 0 Å². The number of aromatic nitrogens is 2. The van der Waals surface area contributed by atoms with Gasteiger partial charge in [-0.1, -0.05) is 0 Å². The molecule has 1 aliphatic carbocycles. The SMILES string of the molecule is COc1cc2c(Nc3ccc4[nH]c(C)cc4c3)ccnc2cc1OCC1(NC(=O)O)CC1. The molecule has 4 N–H and O–H groups in total. The van der Waals surface area contributed by atoms with Gasteiger partial charge < -0.3 is 30.2 Å². The lowest BCUT2D eigenvalue weighted by Crippen LogP contribution is -2.40. The third-order valence-electron chi connectivity index (χ3n) is 5.79. The van der Waals surface area contributed by atoms with Crippen molar-refractivity contribution in [2.75, 3.05) is 19.0 Å². The van der Waals surface area contributed by atoms with Crippen LogP contribution in [0.4, 0.5) is 16.2 Å². The lowest BCUT2D eigenvalue weighted by molar-refractivity contribution is 0.176. The molecule has 0 bridgehead atoms. The van der Waals surface area contributed by atoms with E-state index in [1.165, 1.54) is 0 Å². The van der Waals surface area contributed by atoms with Gasteiger partial charge in [0.1, 0.15) is 6.61 Å². The molecule has 5 rings (SSSR count). The zero-order valence-corrected chi connectivity index (χ0v) is 17.9. The van der Waals surface area contributed by atoms with E-state index < -0.39 is 11.6 Å². The summed E-state index contributed by atoms with van der Waals surface area (Å²) in [5, 5.41) is 17.1. The van der Waals surface area contributed by atoms with Gasteiger partial charge in [0.2, 0.25) is 0 Å². The second-order valence-corrected chi connectivity index (χ2v) is 8.26. The number of carboxylic acid groups (broad SMARTS) is 1. The number of fused-ring (bicyclic) bond motifs is 2. The van der Waals surface area contributed by atoms with Crippen molar-refractivity contribution in [3.8, 4) is 11.5 Å². The first-order valence-corrected chi connectivity index (χ1v) is 10.4. The number of benzene rings is 2. The summed E-state index contributed by atoms with van der Waals surface area (Å²) in [4.78, 5) is 18.8. The quantitative estimate of drug-likeness (QED) is 0.329. The van der Waals surface area contributed by atoms with Gasteiger partial charge in [-0.3, -0.25) is 4.98 Å². The molecule has 1 aliphatic rings.